The van der Waals surface area contributed by atoms with Crippen LogP contribution in [0.5, 0.6) is 0 Å². The predicted molar refractivity (Wildman–Crippen MR) is 126 cm³/mol. The average molecular weight is 486 g/mol. The van der Waals surface area contributed by atoms with Gasteiger partial charge in [-0.25, -0.2) is 4.72 Å². The van der Waals surface area contributed by atoms with E-state index in [1.54, 1.807) is 24.3 Å². The van der Waals surface area contributed by atoms with Crippen LogP contribution in [0.1, 0.15) is 30.4 Å². The lowest BCUT2D eigenvalue weighted by Crippen LogP contribution is -2.37. The van der Waals surface area contributed by atoms with E-state index < -0.39 is 10.2 Å². The van der Waals surface area contributed by atoms with Gasteiger partial charge in [0, 0.05) is 35.7 Å². The normalized spacial score (nSPS) is 19.7. The van der Waals surface area contributed by atoms with Gasteiger partial charge >= 0.3 is 0 Å². The number of nitrogens with zero attached hydrogens (tertiary/aromatic N) is 1. The van der Waals surface area contributed by atoms with Crippen molar-refractivity contribution >= 4 is 33.4 Å². The Balaban J connectivity index is 1.33. The maximum Gasteiger partial charge on any atom is 0.277 e. The molecule has 0 bridgehead atoms. The van der Waals surface area contributed by atoms with Crippen molar-refractivity contribution in [1.29, 1.82) is 0 Å². The van der Waals surface area contributed by atoms with Crippen LogP contribution in [-0.2, 0) is 28.1 Å². The number of benzene rings is 2. The molecule has 1 saturated heterocycles. The molecule has 1 fully saturated rings. The van der Waals surface area contributed by atoms with Gasteiger partial charge in [-0.05, 0) is 61.7 Å². The maximum absolute atomic E-state index is 12.1. The third-order valence-corrected chi connectivity index (χ3v) is 7.05. The van der Waals surface area contributed by atoms with Gasteiger partial charge in [0.1, 0.15) is 0 Å². The third-order valence-electron chi connectivity index (χ3n) is 5.43. The first-order chi connectivity index (χ1) is 14.8. The Hall–Kier alpha value is -1.19. The molecule has 3 rings (SSSR count). The van der Waals surface area contributed by atoms with Gasteiger partial charge in [0.25, 0.3) is 10.2 Å². The molecule has 2 atom stereocenters. The summed E-state index contributed by atoms with van der Waals surface area (Å²) in [4.78, 5) is 2.29. The van der Waals surface area contributed by atoms with E-state index in [9.17, 15) is 8.42 Å². The highest BCUT2D eigenvalue weighted by Gasteiger charge is 2.29. The molecule has 0 unspecified atom stereocenters. The van der Waals surface area contributed by atoms with Gasteiger partial charge in [-0.15, -0.1) is 0 Å². The van der Waals surface area contributed by atoms with E-state index >= 15 is 0 Å². The zero-order chi connectivity index (χ0) is 22.3. The number of halogens is 2. The van der Waals surface area contributed by atoms with Crippen LogP contribution < -0.4 is 9.44 Å². The second kappa shape index (κ2) is 11.6. The largest absolute Gasteiger partial charge is 0.372 e. The molecule has 0 amide bonds. The van der Waals surface area contributed by atoms with E-state index in [1.807, 2.05) is 24.3 Å². The highest BCUT2D eigenvalue weighted by atomic mass is 35.5. The van der Waals surface area contributed by atoms with Crippen molar-refractivity contribution in [2.24, 2.45) is 0 Å². The van der Waals surface area contributed by atoms with E-state index in [4.69, 9.17) is 27.9 Å². The highest BCUT2D eigenvalue weighted by molar-refractivity contribution is 7.87. The van der Waals surface area contributed by atoms with E-state index in [0.29, 0.717) is 24.2 Å². The Morgan fingerprint density at radius 3 is 2.26 bits per heavy atom. The summed E-state index contributed by atoms with van der Waals surface area (Å²) in [5.74, 6) is 0. The quantitative estimate of drug-likeness (QED) is 0.472. The van der Waals surface area contributed by atoms with E-state index in [0.717, 1.165) is 42.0 Å². The summed E-state index contributed by atoms with van der Waals surface area (Å²) in [7, 11) is -1.44. The number of likely N-dealkylation sites (N-methyl/N-ethyl adjacent to an activating group) is 1. The van der Waals surface area contributed by atoms with Crippen molar-refractivity contribution in [3.8, 4) is 0 Å². The second-order valence-corrected chi connectivity index (χ2v) is 10.3. The van der Waals surface area contributed by atoms with Gasteiger partial charge in [0.05, 0.1) is 12.7 Å². The Morgan fingerprint density at radius 1 is 1.00 bits per heavy atom. The lowest BCUT2D eigenvalue weighted by atomic mass is 10.1. The van der Waals surface area contributed by atoms with Crippen molar-refractivity contribution in [2.75, 3.05) is 20.1 Å². The highest BCUT2D eigenvalue weighted by Crippen LogP contribution is 2.23. The third kappa shape index (κ3) is 8.35. The average Bonchev–Trinajstić information content (AvgIpc) is 3.10. The van der Waals surface area contributed by atoms with E-state index in [2.05, 4.69) is 21.4 Å². The van der Waals surface area contributed by atoms with Crippen molar-refractivity contribution < 1.29 is 13.2 Å². The molecule has 2 N–H and O–H groups in total. The number of nitrogens with one attached hydrogen (secondary N) is 2. The van der Waals surface area contributed by atoms with Crippen LogP contribution in [0.4, 0.5) is 0 Å². The SMILES string of the molecule is CN1C[C@H](OCc2ccc(Cl)cc2)C[C@@H]1CCCNS(=O)(=O)NCc1ccc(Cl)cc1. The van der Waals surface area contributed by atoms with Crippen LogP contribution in [0.25, 0.3) is 0 Å². The van der Waals surface area contributed by atoms with Crippen molar-refractivity contribution in [3.05, 3.63) is 69.7 Å². The van der Waals surface area contributed by atoms with Gasteiger partial charge in [-0.2, -0.15) is 13.1 Å². The van der Waals surface area contributed by atoms with Crippen LogP contribution in [0.15, 0.2) is 48.5 Å². The zero-order valence-electron chi connectivity index (χ0n) is 17.6. The molecule has 1 heterocycles. The molecule has 0 aliphatic carbocycles. The molecule has 0 aromatic heterocycles. The summed E-state index contributed by atoms with van der Waals surface area (Å²) in [6, 6.07) is 15.2. The minimum Gasteiger partial charge on any atom is -0.372 e. The van der Waals surface area contributed by atoms with E-state index in [1.165, 1.54) is 0 Å². The van der Waals surface area contributed by atoms with Gasteiger partial charge in [0.15, 0.2) is 0 Å². The number of likely N-dealkylation sites (tertiary alicyclic amines) is 1. The number of rotatable bonds is 11. The molecule has 2 aromatic rings. The minimum atomic E-state index is -3.53. The molecule has 31 heavy (non-hydrogen) atoms. The van der Waals surface area contributed by atoms with Crippen molar-refractivity contribution in [3.63, 3.8) is 0 Å². The first kappa shape index (κ1) is 24.5. The molecular formula is C22H29Cl2N3O3S. The molecule has 1 aliphatic heterocycles. The van der Waals surface area contributed by atoms with Crippen LogP contribution >= 0.6 is 23.2 Å². The molecule has 0 spiro atoms. The lowest BCUT2D eigenvalue weighted by molar-refractivity contribution is 0.0481. The predicted octanol–water partition coefficient (Wildman–Crippen LogP) is 3.99. The lowest BCUT2D eigenvalue weighted by Gasteiger charge is -2.18. The van der Waals surface area contributed by atoms with Gasteiger partial charge in [-0.3, -0.25) is 0 Å². The summed E-state index contributed by atoms with van der Waals surface area (Å²) >= 11 is 11.8. The fraction of sp³-hybridized carbons (Fsp3) is 0.455. The van der Waals surface area contributed by atoms with Crippen LogP contribution in [-0.4, -0.2) is 45.6 Å². The molecule has 9 heteroatoms. The standard InChI is InChI=1S/C22H29Cl2N3O3S/c1-27-15-22(30-16-18-6-10-20(24)11-7-18)13-21(27)3-2-12-25-31(28,29)26-14-17-4-8-19(23)9-5-17/h4-11,21-22,25-26H,2-3,12-16H2,1H3/t21-,22+/m0/s1. The first-order valence-corrected chi connectivity index (χ1v) is 12.6. The fourth-order valence-corrected chi connectivity index (χ4v) is 4.78. The summed E-state index contributed by atoms with van der Waals surface area (Å²) in [5.41, 5.74) is 1.96. The van der Waals surface area contributed by atoms with E-state index in [-0.39, 0.29) is 12.6 Å². The first-order valence-electron chi connectivity index (χ1n) is 10.4. The summed E-state index contributed by atoms with van der Waals surface area (Å²) in [6.45, 7) is 2.08. The summed E-state index contributed by atoms with van der Waals surface area (Å²) in [6.07, 6.45) is 2.81. The van der Waals surface area contributed by atoms with Crippen LogP contribution in [0, 0.1) is 0 Å². The molecule has 6 nitrogen and oxygen atoms in total. The number of hydrogen-bond donors (Lipinski definition) is 2. The monoisotopic (exact) mass is 485 g/mol. The van der Waals surface area contributed by atoms with Crippen molar-refractivity contribution in [2.45, 2.75) is 44.6 Å². The fourth-order valence-electron chi connectivity index (χ4n) is 3.66. The Bertz CT molecular complexity index is 924. The Morgan fingerprint density at radius 2 is 1.61 bits per heavy atom. The van der Waals surface area contributed by atoms with Gasteiger partial charge in [0.2, 0.25) is 0 Å². The number of ether oxygens (including phenoxy) is 1. The van der Waals surface area contributed by atoms with Crippen molar-refractivity contribution in [1.82, 2.24) is 14.3 Å². The smallest absolute Gasteiger partial charge is 0.277 e. The Labute approximate surface area is 195 Å². The summed E-state index contributed by atoms with van der Waals surface area (Å²) in [5, 5.41) is 1.35. The molecular weight excluding hydrogens is 457 g/mol. The van der Waals surface area contributed by atoms with Gasteiger partial charge in [-0.1, -0.05) is 47.5 Å². The Kier molecular flexibility index (Phi) is 9.16. The van der Waals surface area contributed by atoms with Gasteiger partial charge < -0.3 is 9.64 Å². The molecule has 2 aromatic carbocycles. The minimum absolute atomic E-state index is 0.184. The zero-order valence-corrected chi connectivity index (χ0v) is 19.9. The number of hydrogen-bond acceptors (Lipinski definition) is 4. The van der Waals surface area contributed by atoms with Crippen LogP contribution in [0.3, 0.4) is 0 Å². The summed E-state index contributed by atoms with van der Waals surface area (Å²) < 4.78 is 35.5. The topological polar surface area (TPSA) is 70.7 Å². The molecule has 0 saturated carbocycles. The molecule has 170 valence electrons. The van der Waals surface area contributed by atoms with Crippen LogP contribution in [0.2, 0.25) is 10.0 Å². The second-order valence-electron chi connectivity index (χ2n) is 7.88. The molecule has 0 radical (unpaired) electrons. The maximum atomic E-state index is 12.1. The molecule has 1 aliphatic rings.